The lowest BCUT2D eigenvalue weighted by atomic mass is 10.0. The van der Waals surface area contributed by atoms with E-state index in [9.17, 15) is 0 Å². The highest BCUT2D eigenvalue weighted by Gasteiger charge is 2.14. The molecule has 5 heteroatoms. The molecule has 1 unspecified atom stereocenters. The topological polar surface area (TPSA) is 39.7 Å². The second-order valence-corrected chi connectivity index (χ2v) is 6.38. The minimum atomic E-state index is 0. The molecule has 0 saturated carbocycles. The number of halogens is 1. The molecule has 2 N–H and O–H groups in total. The summed E-state index contributed by atoms with van der Waals surface area (Å²) >= 11 is 0. The second kappa shape index (κ2) is 11.7. The number of nitrogens with one attached hydrogen (secondary N) is 2. The monoisotopic (exact) mass is 432 g/mol. The molecule has 1 atom stereocenters. The maximum atomic E-state index is 4.63. The quantitative estimate of drug-likeness (QED) is 0.394. The number of aliphatic imine (C=N–C) groups is 1. The molecule has 0 aliphatic heterocycles. The summed E-state index contributed by atoms with van der Waals surface area (Å²) in [4.78, 5) is 6.87. The molecule has 0 heterocycles. The van der Waals surface area contributed by atoms with Crippen LogP contribution in [0.4, 0.5) is 0 Å². The average Bonchev–Trinajstić information content (AvgIpc) is 2.46. The van der Waals surface area contributed by atoms with Crippen molar-refractivity contribution in [3.63, 3.8) is 0 Å². The molecule has 0 aliphatic rings. The van der Waals surface area contributed by atoms with Gasteiger partial charge in [0.25, 0.3) is 0 Å². The van der Waals surface area contributed by atoms with Gasteiger partial charge in [0, 0.05) is 19.6 Å². The maximum Gasteiger partial charge on any atom is 0.191 e. The third-order valence-corrected chi connectivity index (χ3v) is 3.51. The van der Waals surface area contributed by atoms with Crippen LogP contribution < -0.4 is 10.6 Å². The van der Waals surface area contributed by atoms with Crippen molar-refractivity contribution in [3.05, 3.63) is 35.4 Å². The number of aryl methyl sites for hydroxylation is 1. The van der Waals surface area contributed by atoms with Gasteiger partial charge in [-0.1, -0.05) is 43.7 Å². The molecule has 0 saturated heterocycles. The standard InChI is InChI=1S/C18H32N4.HI/c1-7-19-18(20-12-14(2)3)21-13-17(22(5)6)16-10-8-15(4)9-11-16;/h8-11,14,17H,7,12-13H2,1-6H3,(H2,19,20,21);1H. The lowest BCUT2D eigenvalue weighted by molar-refractivity contribution is 0.298. The van der Waals surface area contributed by atoms with Gasteiger partial charge >= 0.3 is 0 Å². The number of guanidine groups is 1. The van der Waals surface area contributed by atoms with Crippen LogP contribution in [0.3, 0.4) is 0 Å². The summed E-state index contributed by atoms with van der Waals surface area (Å²) in [6.45, 7) is 11.1. The summed E-state index contributed by atoms with van der Waals surface area (Å²) in [7, 11) is 4.23. The van der Waals surface area contributed by atoms with Crippen molar-refractivity contribution in [1.29, 1.82) is 0 Å². The van der Waals surface area contributed by atoms with Gasteiger partial charge in [-0.15, -0.1) is 24.0 Å². The van der Waals surface area contributed by atoms with E-state index >= 15 is 0 Å². The Balaban J connectivity index is 0.00000484. The van der Waals surface area contributed by atoms with Crippen LogP contribution in [-0.4, -0.2) is 44.6 Å². The Labute approximate surface area is 159 Å². The van der Waals surface area contributed by atoms with Crippen molar-refractivity contribution >= 4 is 29.9 Å². The summed E-state index contributed by atoms with van der Waals surface area (Å²) in [5.74, 6) is 1.47. The van der Waals surface area contributed by atoms with Gasteiger partial charge in [-0.3, -0.25) is 4.99 Å². The molecule has 0 fully saturated rings. The van der Waals surface area contributed by atoms with Crippen LogP contribution in [0, 0.1) is 12.8 Å². The molecule has 0 spiro atoms. The van der Waals surface area contributed by atoms with E-state index in [0.717, 1.165) is 25.6 Å². The molecule has 132 valence electrons. The van der Waals surface area contributed by atoms with E-state index in [2.05, 4.69) is 86.6 Å². The van der Waals surface area contributed by atoms with Crippen molar-refractivity contribution in [2.75, 3.05) is 33.7 Å². The van der Waals surface area contributed by atoms with Crippen LogP contribution in [-0.2, 0) is 0 Å². The zero-order valence-electron chi connectivity index (χ0n) is 15.4. The highest BCUT2D eigenvalue weighted by atomic mass is 127. The SMILES string of the molecule is CCNC(=NCC(C)C)NCC(c1ccc(C)cc1)N(C)C.I. The van der Waals surface area contributed by atoms with Gasteiger partial charge < -0.3 is 15.5 Å². The summed E-state index contributed by atoms with van der Waals surface area (Å²) in [5.41, 5.74) is 2.61. The lowest BCUT2D eigenvalue weighted by Crippen LogP contribution is -2.42. The number of benzene rings is 1. The van der Waals surface area contributed by atoms with E-state index in [1.54, 1.807) is 0 Å². The van der Waals surface area contributed by atoms with Crippen LogP contribution in [0.2, 0.25) is 0 Å². The van der Waals surface area contributed by atoms with Crippen LogP contribution in [0.5, 0.6) is 0 Å². The summed E-state index contributed by atoms with van der Waals surface area (Å²) in [6, 6.07) is 9.08. The zero-order chi connectivity index (χ0) is 16.5. The summed E-state index contributed by atoms with van der Waals surface area (Å²) in [5, 5.41) is 6.78. The number of hydrogen-bond acceptors (Lipinski definition) is 2. The van der Waals surface area contributed by atoms with E-state index in [0.29, 0.717) is 12.0 Å². The van der Waals surface area contributed by atoms with E-state index < -0.39 is 0 Å². The number of rotatable bonds is 7. The Morgan fingerprint density at radius 2 is 1.74 bits per heavy atom. The molecular weight excluding hydrogens is 399 g/mol. The summed E-state index contributed by atoms with van der Waals surface area (Å²) in [6.07, 6.45) is 0. The van der Waals surface area contributed by atoms with Crippen LogP contribution in [0.25, 0.3) is 0 Å². The molecule has 23 heavy (non-hydrogen) atoms. The highest BCUT2D eigenvalue weighted by molar-refractivity contribution is 14.0. The fourth-order valence-corrected chi connectivity index (χ4v) is 2.20. The van der Waals surface area contributed by atoms with Crippen LogP contribution >= 0.6 is 24.0 Å². The predicted molar refractivity (Wildman–Crippen MR) is 112 cm³/mol. The van der Waals surface area contributed by atoms with Crippen molar-refractivity contribution in [3.8, 4) is 0 Å². The Bertz CT molecular complexity index is 455. The van der Waals surface area contributed by atoms with Gasteiger partial charge in [0.05, 0.1) is 6.04 Å². The number of nitrogens with zero attached hydrogens (tertiary/aromatic N) is 2. The predicted octanol–water partition coefficient (Wildman–Crippen LogP) is 3.43. The molecule has 0 aromatic heterocycles. The molecule has 0 aliphatic carbocycles. The molecule has 1 aromatic carbocycles. The number of likely N-dealkylation sites (N-methyl/N-ethyl adjacent to an activating group) is 1. The third-order valence-electron chi connectivity index (χ3n) is 3.51. The van der Waals surface area contributed by atoms with Gasteiger partial charge in [-0.05, 0) is 39.4 Å². The first-order valence-electron chi connectivity index (χ1n) is 8.19. The average molecular weight is 432 g/mol. The normalized spacial score (nSPS) is 13.0. The smallest absolute Gasteiger partial charge is 0.191 e. The van der Waals surface area contributed by atoms with Crippen molar-refractivity contribution < 1.29 is 0 Å². The molecule has 1 rings (SSSR count). The highest BCUT2D eigenvalue weighted by Crippen LogP contribution is 2.17. The van der Waals surface area contributed by atoms with Gasteiger partial charge in [-0.2, -0.15) is 0 Å². The molecule has 4 nitrogen and oxygen atoms in total. The molecule has 0 amide bonds. The second-order valence-electron chi connectivity index (χ2n) is 6.38. The van der Waals surface area contributed by atoms with Gasteiger partial charge in [0.1, 0.15) is 0 Å². The maximum absolute atomic E-state index is 4.63. The van der Waals surface area contributed by atoms with Crippen molar-refractivity contribution in [2.45, 2.75) is 33.7 Å². The largest absolute Gasteiger partial charge is 0.357 e. The molecule has 1 aromatic rings. The first-order chi connectivity index (χ1) is 10.4. The van der Waals surface area contributed by atoms with Gasteiger partial charge in [-0.25, -0.2) is 0 Å². The van der Waals surface area contributed by atoms with E-state index in [1.807, 2.05) is 0 Å². The molecule has 0 radical (unpaired) electrons. The Hall–Kier alpha value is -0.820. The first kappa shape index (κ1) is 22.2. The van der Waals surface area contributed by atoms with E-state index in [-0.39, 0.29) is 24.0 Å². The fraction of sp³-hybridized carbons (Fsp3) is 0.611. The fourth-order valence-electron chi connectivity index (χ4n) is 2.20. The first-order valence-corrected chi connectivity index (χ1v) is 8.19. The van der Waals surface area contributed by atoms with Crippen molar-refractivity contribution in [2.24, 2.45) is 10.9 Å². The Morgan fingerprint density at radius 3 is 2.22 bits per heavy atom. The zero-order valence-corrected chi connectivity index (χ0v) is 17.7. The van der Waals surface area contributed by atoms with Crippen LogP contribution in [0.15, 0.2) is 29.3 Å². The lowest BCUT2D eigenvalue weighted by Gasteiger charge is -2.26. The molecule has 0 bridgehead atoms. The third kappa shape index (κ3) is 8.55. The number of hydrogen-bond donors (Lipinski definition) is 2. The Kier molecular flexibility index (Phi) is 11.3. The Morgan fingerprint density at radius 1 is 1.13 bits per heavy atom. The minimum Gasteiger partial charge on any atom is -0.357 e. The van der Waals surface area contributed by atoms with Crippen LogP contribution in [0.1, 0.15) is 37.9 Å². The minimum absolute atomic E-state index is 0. The van der Waals surface area contributed by atoms with Gasteiger partial charge in [0.15, 0.2) is 5.96 Å². The van der Waals surface area contributed by atoms with Gasteiger partial charge in [0.2, 0.25) is 0 Å². The van der Waals surface area contributed by atoms with E-state index in [4.69, 9.17) is 0 Å². The molecular formula is C18H33IN4. The van der Waals surface area contributed by atoms with Crippen molar-refractivity contribution in [1.82, 2.24) is 15.5 Å². The van der Waals surface area contributed by atoms with E-state index in [1.165, 1.54) is 11.1 Å². The summed E-state index contributed by atoms with van der Waals surface area (Å²) < 4.78 is 0.